The summed E-state index contributed by atoms with van der Waals surface area (Å²) in [5.74, 6) is -0.646. The molecule has 0 atom stereocenters. The Bertz CT molecular complexity index is 564. The summed E-state index contributed by atoms with van der Waals surface area (Å²) < 4.78 is 0. The molecule has 0 aliphatic carbocycles. The van der Waals surface area contributed by atoms with Crippen LogP contribution in [0.2, 0.25) is 10.0 Å². The van der Waals surface area contributed by atoms with Crippen LogP contribution in [0, 0.1) is 10.1 Å². The van der Waals surface area contributed by atoms with Gasteiger partial charge in [0.15, 0.2) is 0 Å². The van der Waals surface area contributed by atoms with Crippen molar-refractivity contribution < 1.29 is 14.5 Å². The number of nitrogens with two attached hydrogens (primary N) is 1. The standard InChI is InChI=1S/C10H10Cl2N4O4/c11-7-4-5(16(19)20)3-6(8(7)12)9(17)14-1-2-15-10(13)18/h3-4H,1-2H2,(H,14,17)(H3,13,15,18). The minimum absolute atomic E-state index is 0.0818. The molecule has 3 amide bonds. The third-order valence-corrected chi connectivity index (χ3v) is 2.98. The molecule has 0 spiro atoms. The second-order valence-corrected chi connectivity index (χ2v) is 4.38. The van der Waals surface area contributed by atoms with E-state index in [0.717, 1.165) is 12.1 Å². The molecule has 4 N–H and O–H groups in total. The van der Waals surface area contributed by atoms with E-state index in [1.807, 2.05) is 0 Å². The second kappa shape index (κ2) is 6.92. The van der Waals surface area contributed by atoms with Crippen molar-refractivity contribution in [2.75, 3.05) is 13.1 Å². The van der Waals surface area contributed by atoms with Crippen LogP contribution in [0.25, 0.3) is 0 Å². The smallest absolute Gasteiger partial charge is 0.312 e. The number of non-ortho nitro benzene ring substituents is 1. The number of primary amides is 1. The zero-order valence-electron chi connectivity index (χ0n) is 9.98. The number of nitrogens with zero attached hydrogens (tertiary/aromatic N) is 1. The van der Waals surface area contributed by atoms with E-state index < -0.39 is 16.9 Å². The first-order chi connectivity index (χ1) is 9.32. The fraction of sp³-hybridized carbons (Fsp3) is 0.200. The Morgan fingerprint density at radius 1 is 1.25 bits per heavy atom. The summed E-state index contributed by atoms with van der Waals surface area (Å²) in [6, 6.07) is 1.34. The molecule has 20 heavy (non-hydrogen) atoms. The predicted octanol–water partition coefficient (Wildman–Crippen LogP) is 1.30. The maximum Gasteiger partial charge on any atom is 0.312 e. The van der Waals surface area contributed by atoms with Gasteiger partial charge in [0.2, 0.25) is 0 Å². The Balaban J connectivity index is 2.81. The maximum absolute atomic E-state index is 11.8. The third-order valence-electron chi connectivity index (χ3n) is 2.18. The molecular formula is C10H10Cl2N4O4. The van der Waals surface area contributed by atoms with Crippen LogP contribution in [0.15, 0.2) is 12.1 Å². The molecule has 0 fully saturated rings. The van der Waals surface area contributed by atoms with Crippen LogP contribution in [0.5, 0.6) is 0 Å². The molecular weight excluding hydrogens is 311 g/mol. The van der Waals surface area contributed by atoms with Crippen molar-refractivity contribution in [2.24, 2.45) is 5.73 Å². The lowest BCUT2D eigenvalue weighted by Crippen LogP contribution is -2.37. The van der Waals surface area contributed by atoms with Crippen LogP contribution >= 0.6 is 23.2 Å². The molecule has 0 saturated heterocycles. The molecule has 0 saturated carbocycles. The van der Waals surface area contributed by atoms with E-state index in [1.165, 1.54) is 0 Å². The Morgan fingerprint density at radius 2 is 1.85 bits per heavy atom. The number of benzene rings is 1. The van der Waals surface area contributed by atoms with Crippen molar-refractivity contribution in [3.05, 3.63) is 37.9 Å². The molecule has 0 unspecified atom stereocenters. The Morgan fingerprint density at radius 3 is 2.40 bits per heavy atom. The molecule has 0 radical (unpaired) electrons. The number of amides is 3. The molecule has 108 valence electrons. The van der Waals surface area contributed by atoms with Crippen LogP contribution < -0.4 is 16.4 Å². The van der Waals surface area contributed by atoms with Crippen molar-refractivity contribution in [2.45, 2.75) is 0 Å². The summed E-state index contributed by atoms with van der Waals surface area (Å²) in [6.45, 7) is 0.194. The largest absolute Gasteiger partial charge is 0.352 e. The number of nitrogens with one attached hydrogen (secondary N) is 2. The number of hydrogen-bond donors (Lipinski definition) is 3. The summed E-state index contributed by atoms with van der Waals surface area (Å²) in [6.07, 6.45) is 0. The number of nitro benzene ring substituents is 1. The minimum Gasteiger partial charge on any atom is -0.352 e. The second-order valence-electron chi connectivity index (χ2n) is 3.59. The number of nitro groups is 1. The lowest BCUT2D eigenvalue weighted by atomic mass is 10.2. The molecule has 10 heteroatoms. The van der Waals surface area contributed by atoms with Crippen LogP contribution in [-0.4, -0.2) is 30.0 Å². The fourth-order valence-electron chi connectivity index (χ4n) is 1.30. The highest BCUT2D eigenvalue weighted by molar-refractivity contribution is 6.44. The van der Waals surface area contributed by atoms with E-state index in [0.29, 0.717) is 0 Å². The number of carbonyl (C=O) groups excluding carboxylic acids is 2. The normalized spacial score (nSPS) is 9.90. The summed E-state index contributed by atoms with van der Waals surface area (Å²) in [5, 5.41) is 15.2. The zero-order chi connectivity index (χ0) is 15.3. The number of halogens is 2. The highest BCUT2D eigenvalue weighted by atomic mass is 35.5. The van der Waals surface area contributed by atoms with E-state index in [4.69, 9.17) is 28.9 Å². The zero-order valence-corrected chi connectivity index (χ0v) is 11.5. The van der Waals surface area contributed by atoms with Gasteiger partial charge in [-0.1, -0.05) is 23.2 Å². The van der Waals surface area contributed by atoms with Gasteiger partial charge in [-0.05, 0) is 0 Å². The molecule has 8 nitrogen and oxygen atoms in total. The molecule has 1 aromatic rings. The van der Waals surface area contributed by atoms with Gasteiger partial charge in [-0.25, -0.2) is 4.79 Å². The van der Waals surface area contributed by atoms with Gasteiger partial charge in [-0.3, -0.25) is 14.9 Å². The third kappa shape index (κ3) is 4.25. The quantitative estimate of drug-likeness (QED) is 0.429. The average Bonchev–Trinajstić information content (AvgIpc) is 2.36. The number of carbonyl (C=O) groups is 2. The Labute approximate surface area is 123 Å². The first-order valence-corrected chi connectivity index (χ1v) is 6.03. The van der Waals surface area contributed by atoms with Crippen LogP contribution in [0.4, 0.5) is 10.5 Å². The lowest BCUT2D eigenvalue weighted by Gasteiger charge is -2.08. The molecule has 0 bridgehead atoms. The van der Waals surface area contributed by atoms with Crippen molar-refractivity contribution in [1.82, 2.24) is 10.6 Å². The summed E-state index contributed by atoms with van der Waals surface area (Å²) >= 11 is 11.5. The van der Waals surface area contributed by atoms with E-state index >= 15 is 0 Å². The van der Waals surface area contributed by atoms with E-state index in [-0.39, 0.29) is 34.4 Å². The van der Waals surface area contributed by atoms with Gasteiger partial charge in [0, 0.05) is 25.2 Å². The first kappa shape index (κ1) is 16.0. The Hall–Kier alpha value is -2.06. The molecule has 0 heterocycles. The summed E-state index contributed by atoms with van der Waals surface area (Å²) in [7, 11) is 0. The van der Waals surface area contributed by atoms with Crippen LogP contribution in [-0.2, 0) is 0 Å². The monoisotopic (exact) mass is 320 g/mol. The van der Waals surface area contributed by atoms with Gasteiger partial charge in [0.05, 0.1) is 20.5 Å². The molecule has 1 rings (SSSR count). The lowest BCUT2D eigenvalue weighted by molar-refractivity contribution is -0.384. The molecule has 1 aromatic carbocycles. The van der Waals surface area contributed by atoms with Crippen molar-refractivity contribution in [1.29, 1.82) is 0 Å². The highest BCUT2D eigenvalue weighted by Gasteiger charge is 2.19. The Kier molecular flexibility index (Phi) is 5.53. The van der Waals surface area contributed by atoms with Gasteiger partial charge < -0.3 is 16.4 Å². The van der Waals surface area contributed by atoms with Crippen molar-refractivity contribution >= 4 is 40.8 Å². The number of urea groups is 1. The van der Waals surface area contributed by atoms with E-state index in [2.05, 4.69) is 10.6 Å². The summed E-state index contributed by atoms with van der Waals surface area (Å²) in [5.41, 5.74) is 4.37. The summed E-state index contributed by atoms with van der Waals surface area (Å²) in [4.78, 5) is 32.2. The van der Waals surface area contributed by atoms with Gasteiger partial charge in [0.1, 0.15) is 0 Å². The average molecular weight is 321 g/mol. The van der Waals surface area contributed by atoms with Crippen molar-refractivity contribution in [3.8, 4) is 0 Å². The van der Waals surface area contributed by atoms with E-state index in [1.54, 1.807) is 0 Å². The molecule has 0 aliphatic heterocycles. The molecule has 0 aromatic heterocycles. The van der Waals surface area contributed by atoms with Gasteiger partial charge in [0.25, 0.3) is 11.6 Å². The number of hydrogen-bond acceptors (Lipinski definition) is 4. The highest BCUT2D eigenvalue weighted by Crippen LogP contribution is 2.30. The van der Waals surface area contributed by atoms with Gasteiger partial charge >= 0.3 is 6.03 Å². The topological polar surface area (TPSA) is 127 Å². The van der Waals surface area contributed by atoms with Crippen LogP contribution in [0.3, 0.4) is 0 Å². The maximum atomic E-state index is 11.8. The van der Waals surface area contributed by atoms with Gasteiger partial charge in [-0.15, -0.1) is 0 Å². The first-order valence-electron chi connectivity index (χ1n) is 5.28. The SMILES string of the molecule is NC(=O)NCCNC(=O)c1cc([N+](=O)[O-])cc(Cl)c1Cl. The number of rotatable bonds is 5. The minimum atomic E-state index is -0.726. The van der Waals surface area contributed by atoms with Crippen molar-refractivity contribution in [3.63, 3.8) is 0 Å². The van der Waals surface area contributed by atoms with Crippen LogP contribution in [0.1, 0.15) is 10.4 Å². The van der Waals surface area contributed by atoms with E-state index in [9.17, 15) is 19.7 Å². The fourth-order valence-corrected chi connectivity index (χ4v) is 1.71. The van der Waals surface area contributed by atoms with Gasteiger partial charge in [-0.2, -0.15) is 0 Å². The predicted molar refractivity (Wildman–Crippen MR) is 73.0 cm³/mol. The molecule has 0 aliphatic rings.